The van der Waals surface area contributed by atoms with Crippen LogP contribution in [0.4, 0.5) is 0 Å². The van der Waals surface area contributed by atoms with E-state index in [0.29, 0.717) is 12.1 Å². The van der Waals surface area contributed by atoms with E-state index in [4.69, 9.17) is 4.74 Å². The van der Waals surface area contributed by atoms with Crippen molar-refractivity contribution in [2.45, 2.75) is 44.4 Å². The molecule has 0 aromatic heterocycles. The van der Waals surface area contributed by atoms with Gasteiger partial charge in [-0.05, 0) is 18.4 Å². The van der Waals surface area contributed by atoms with Gasteiger partial charge in [0.2, 0.25) is 0 Å². The summed E-state index contributed by atoms with van der Waals surface area (Å²) < 4.78 is 5.87. The Labute approximate surface area is 97.2 Å². The van der Waals surface area contributed by atoms with Gasteiger partial charge in [0.25, 0.3) is 0 Å². The Morgan fingerprint density at radius 3 is 2.81 bits per heavy atom. The molecule has 0 N–H and O–H groups in total. The fourth-order valence-electron chi connectivity index (χ4n) is 2.96. The second-order valence-corrected chi connectivity index (χ2v) is 4.92. The lowest BCUT2D eigenvalue weighted by atomic mass is 9.92. The topological polar surface area (TPSA) is 12.5 Å². The smallest absolute Gasteiger partial charge is 0.100 e. The maximum absolute atomic E-state index is 5.87. The minimum Gasteiger partial charge on any atom is -0.361 e. The third-order valence-electron chi connectivity index (χ3n) is 3.82. The van der Waals surface area contributed by atoms with Crippen LogP contribution in [0.1, 0.15) is 31.2 Å². The van der Waals surface area contributed by atoms with Gasteiger partial charge in [0.1, 0.15) is 6.73 Å². The van der Waals surface area contributed by atoms with Gasteiger partial charge in [0.05, 0.1) is 6.10 Å². The molecule has 0 spiro atoms. The minimum absolute atomic E-state index is 0.512. The van der Waals surface area contributed by atoms with Gasteiger partial charge in [-0.1, -0.05) is 43.2 Å². The van der Waals surface area contributed by atoms with E-state index in [1.807, 2.05) is 0 Å². The number of nitrogens with zero attached hydrogens (tertiary/aromatic N) is 1. The zero-order chi connectivity index (χ0) is 10.8. The van der Waals surface area contributed by atoms with E-state index < -0.39 is 0 Å². The summed E-state index contributed by atoms with van der Waals surface area (Å²) in [6, 6.07) is 11.4. The summed E-state index contributed by atoms with van der Waals surface area (Å²) in [5.74, 6) is 0. The van der Waals surface area contributed by atoms with E-state index in [-0.39, 0.29) is 0 Å². The quantitative estimate of drug-likeness (QED) is 0.755. The van der Waals surface area contributed by atoms with Crippen molar-refractivity contribution < 1.29 is 4.74 Å². The van der Waals surface area contributed by atoms with Gasteiger partial charge in [-0.3, -0.25) is 4.90 Å². The molecule has 0 bridgehead atoms. The van der Waals surface area contributed by atoms with Crippen molar-refractivity contribution in [3.05, 3.63) is 35.9 Å². The van der Waals surface area contributed by atoms with Crippen LogP contribution in [-0.4, -0.2) is 23.8 Å². The van der Waals surface area contributed by atoms with Crippen LogP contribution in [-0.2, 0) is 11.3 Å². The summed E-state index contributed by atoms with van der Waals surface area (Å²) in [6.07, 6.45) is 5.81. The van der Waals surface area contributed by atoms with Crippen molar-refractivity contribution in [2.75, 3.05) is 6.73 Å². The molecule has 1 aliphatic carbocycles. The molecule has 1 saturated heterocycles. The molecule has 1 saturated carbocycles. The third-order valence-corrected chi connectivity index (χ3v) is 3.82. The molecule has 2 atom stereocenters. The summed E-state index contributed by atoms with van der Waals surface area (Å²) in [4.78, 5) is 2.50. The molecule has 2 fully saturated rings. The maximum Gasteiger partial charge on any atom is 0.100 e. The Bertz CT molecular complexity index is 338. The number of hydrogen-bond donors (Lipinski definition) is 0. The first-order valence-electron chi connectivity index (χ1n) is 6.33. The van der Waals surface area contributed by atoms with Crippen LogP contribution in [0.3, 0.4) is 0 Å². The fraction of sp³-hybridized carbons (Fsp3) is 0.571. The number of benzene rings is 1. The minimum atomic E-state index is 0.512. The summed E-state index contributed by atoms with van der Waals surface area (Å²) in [5, 5.41) is 0. The van der Waals surface area contributed by atoms with Crippen LogP contribution in [0.15, 0.2) is 30.3 Å². The number of fused-ring (bicyclic) bond motifs is 1. The molecule has 16 heavy (non-hydrogen) atoms. The zero-order valence-corrected chi connectivity index (χ0v) is 9.64. The van der Waals surface area contributed by atoms with E-state index in [0.717, 1.165) is 13.3 Å². The van der Waals surface area contributed by atoms with E-state index in [2.05, 4.69) is 35.2 Å². The highest BCUT2D eigenvalue weighted by molar-refractivity contribution is 5.14. The SMILES string of the molecule is c1ccc(CN2CO[C@@H]3CCCC[C@@H]32)cc1. The summed E-state index contributed by atoms with van der Waals surface area (Å²) in [7, 11) is 0. The third kappa shape index (κ3) is 2.00. The van der Waals surface area contributed by atoms with Crippen molar-refractivity contribution in [2.24, 2.45) is 0 Å². The molecule has 2 nitrogen and oxygen atoms in total. The van der Waals surface area contributed by atoms with Crippen molar-refractivity contribution in [1.82, 2.24) is 4.90 Å². The Balaban J connectivity index is 1.67. The Morgan fingerprint density at radius 1 is 1.12 bits per heavy atom. The highest BCUT2D eigenvalue weighted by atomic mass is 16.5. The van der Waals surface area contributed by atoms with E-state index >= 15 is 0 Å². The summed E-state index contributed by atoms with van der Waals surface area (Å²) >= 11 is 0. The molecule has 0 amide bonds. The first-order chi connectivity index (χ1) is 7.93. The fourth-order valence-corrected chi connectivity index (χ4v) is 2.96. The highest BCUT2D eigenvalue weighted by Gasteiger charge is 2.36. The summed E-state index contributed by atoms with van der Waals surface area (Å²) in [6.45, 7) is 1.87. The van der Waals surface area contributed by atoms with Gasteiger partial charge in [-0.25, -0.2) is 0 Å². The normalized spacial score (nSPS) is 30.2. The van der Waals surface area contributed by atoms with Gasteiger partial charge in [0.15, 0.2) is 0 Å². The Hall–Kier alpha value is -0.860. The molecular weight excluding hydrogens is 198 g/mol. The molecule has 3 rings (SSSR count). The predicted molar refractivity (Wildman–Crippen MR) is 64.0 cm³/mol. The van der Waals surface area contributed by atoms with Crippen LogP contribution in [0.2, 0.25) is 0 Å². The van der Waals surface area contributed by atoms with Crippen LogP contribution in [0.5, 0.6) is 0 Å². The second-order valence-electron chi connectivity index (χ2n) is 4.92. The largest absolute Gasteiger partial charge is 0.361 e. The van der Waals surface area contributed by atoms with Gasteiger partial charge in [-0.15, -0.1) is 0 Å². The van der Waals surface area contributed by atoms with Crippen molar-refractivity contribution >= 4 is 0 Å². The molecule has 86 valence electrons. The Morgan fingerprint density at radius 2 is 1.94 bits per heavy atom. The molecule has 1 aromatic carbocycles. The number of hydrogen-bond acceptors (Lipinski definition) is 2. The standard InChI is InChI=1S/C14H19NO/c1-2-6-12(7-3-1)10-15-11-16-14-9-5-4-8-13(14)15/h1-3,6-7,13-14H,4-5,8-11H2/t13-,14+/m0/s1. The van der Waals surface area contributed by atoms with Gasteiger partial charge < -0.3 is 4.74 Å². The predicted octanol–water partition coefficient (Wildman–Crippen LogP) is 2.79. The van der Waals surface area contributed by atoms with Crippen LogP contribution < -0.4 is 0 Å². The van der Waals surface area contributed by atoms with E-state index in [1.165, 1.54) is 31.2 Å². The molecular formula is C14H19NO. The summed E-state index contributed by atoms with van der Waals surface area (Å²) in [5.41, 5.74) is 1.40. The van der Waals surface area contributed by atoms with Crippen LogP contribution >= 0.6 is 0 Å². The van der Waals surface area contributed by atoms with Crippen molar-refractivity contribution in [1.29, 1.82) is 0 Å². The zero-order valence-electron chi connectivity index (χ0n) is 9.64. The molecule has 1 aromatic rings. The van der Waals surface area contributed by atoms with Gasteiger partial charge in [-0.2, -0.15) is 0 Å². The maximum atomic E-state index is 5.87. The van der Waals surface area contributed by atoms with Crippen molar-refractivity contribution in [3.8, 4) is 0 Å². The molecule has 2 aliphatic rings. The van der Waals surface area contributed by atoms with Crippen LogP contribution in [0, 0.1) is 0 Å². The molecule has 1 heterocycles. The molecule has 0 radical (unpaired) electrons. The number of ether oxygens (including phenoxy) is 1. The Kier molecular flexibility index (Phi) is 2.94. The average Bonchev–Trinajstić information content (AvgIpc) is 2.74. The molecule has 1 aliphatic heterocycles. The van der Waals surface area contributed by atoms with Crippen LogP contribution in [0.25, 0.3) is 0 Å². The lowest BCUT2D eigenvalue weighted by molar-refractivity contribution is 0.0760. The lowest BCUT2D eigenvalue weighted by Gasteiger charge is -2.29. The number of rotatable bonds is 2. The average molecular weight is 217 g/mol. The monoisotopic (exact) mass is 217 g/mol. The van der Waals surface area contributed by atoms with Crippen molar-refractivity contribution in [3.63, 3.8) is 0 Å². The first-order valence-corrected chi connectivity index (χ1v) is 6.33. The molecule has 0 unspecified atom stereocenters. The van der Waals surface area contributed by atoms with E-state index in [9.17, 15) is 0 Å². The first kappa shape index (κ1) is 10.3. The second kappa shape index (κ2) is 4.56. The molecule has 2 heteroatoms. The van der Waals surface area contributed by atoms with Gasteiger partial charge in [0, 0.05) is 12.6 Å². The van der Waals surface area contributed by atoms with E-state index in [1.54, 1.807) is 0 Å². The van der Waals surface area contributed by atoms with Gasteiger partial charge >= 0.3 is 0 Å². The lowest BCUT2D eigenvalue weighted by Crippen LogP contribution is -2.36. The highest BCUT2D eigenvalue weighted by Crippen LogP contribution is 2.31.